The van der Waals surface area contributed by atoms with E-state index in [0.717, 1.165) is 5.56 Å². The van der Waals surface area contributed by atoms with Gasteiger partial charge in [-0.3, -0.25) is 9.59 Å². The third-order valence-electron chi connectivity index (χ3n) is 2.92. The second-order valence-electron chi connectivity index (χ2n) is 4.23. The van der Waals surface area contributed by atoms with Crippen LogP contribution in [0, 0.1) is 0 Å². The SMILES string of the molecule is CN1CC(=O)N(c2ccc(CNO)cc2)CC1=O. The minimum Gasteiger partial charge on any atom is -0.335 e. The number of anilines is 1. The number of amides is 2. The summed E-state index contributed by atoms with van der Waals surface area (Å²) in [5, 5.41) is 8.58. The van der Waals surface area contributed by atoms with Gasteiger partial charge >= 0.3 is 0 Å². The molecule has 0 saturated carbocycles. The third-order valence-corrected chi connectivity index (χ3v) is 2.92. The maximum atomic E-state index is 11.8. The molecule has 6 nitrogen and oxygen atoms in total. The number of hydrogen-bond acceptors (Lipinski definition) is 4. The van der Waals surface area contributed by atoms with E-state index < -0.39 is 0 Å². The predicted molar refractivity (Wildman–Crippen MR) is 65.1 cm³/mol. The maximum Gasteiger partial charge on any atom is 0.247 e. The Morgan fingerprint density at radius 1 is 1.17 bits per heavy atom. The summed E-state index contributed by atoms with van der Waals surface area (Å²) < 4.78 is 0. The molecule has 2 amide bonds. The number of carbonyl (C=O) groups excluding carboxylic acids is 2. The highest BCUT2D eigenvalue weighted by Gasteiger charge is 2.28. The molecule has 1 aromatic rings. The summed E-state index contributed by atoms with van der Waals surface area (Å²) >= 11 is 0. The van der Waals surface area contributed by atoms with Crippen LogP contribution in [0.1, 0.15) is 5.56 Å². The van der Waals surface area contributed by atoms with Gasteiger partial charge in [0, 0.05) is 19.3 Å². The van der Waals surface area contributed by atoms with Gasteiger partial charge in [-0.15, -0.1) is 0 Å². The van der Waals surface area contributed by atoms with Crippen molar-refractivity contribution in [3.8, 4) is 0 Å². The fraction of sp³-hybridized carbons (Fsp3) is 0.333. The van der Waals surface area contributed by atoms with E-state index in [1.165, 1.54) is 9.80 Å². The predicted octanol–water partition coefficient (Wildman–Crippen LogP) is -0.0296. The molecule has 0 aromatic heterocycles. The summed E-state index contributed by atoms with van der Waals surface area (Å²) in [7, 11) is 1.62. The van der Waals surface area contributed by atoms with E-state index in [4.69, 9.17) is 5.21 Å². The van der Waals surface area contributed by atoms with Gasteiger partial charge in [0.2, 0.25) is 11.8 Å². The van der Waals surface area contributed by atoms with Crippen LogP contribution in [0.2, 0.25) is 0 Å². The monoisotopic (exact) mass is 249 g/mol. The fourth-order valence-electron chi connectivity index (χ4n) is 1.84. The van der Waals surface area contributed by atoms with Gasteiger partial charge < -0.3 is 15.0 Å². The van der Waals surface area contributed by atoms with Crippen molar-refractivity contribution in [3.63, 3.8) is 0 Å². The van der Waals surface area contributed by atoms with E-state index in [9.17, 15) is 9.59 Å². The molecule has 1 aliphatic heterocycles. The molecule has 0 radical (unpaired) electrons. The summed E-state index contributed by atoms with van der Waals surface area (Å²) in [6.45, 7) is 0.529. The molecule has 1 aromatic carbocycles. The van der Waals surface area contributed by atoms with Crippen molar-refractivity contribution in [2.75, 3.05) is 25.0 Å². The Morgan fingerprint density at radius 3 is 2.44 bits per heavy atom. The number of piperazine rings is 1. The van der Waals surface area contributed by atoms with Crippen molar-refractivity contribution in [2.24, 2.45) is 0 Å². The van der Waals surface area contributed by atoms with Crippen LogP contribution >= 0.6 is 0 Å². The van der Waals surface area contributed by atoms with Gasteiger partial charge in [-0.25, -0.2) is 5.48 Å². The molecule has 6 heteroatoms. The largest absolute Gasteiger partial charge is 0.335 e. The molecule has 0 atom stereocenters. The van der Waals surface area contributed by atoms with Crippen molar-refractivity contribution < 1.29 is 14.8 Å². The van der Waals surface area contributed by atoms with Crippen molar-refractivity contribution in [1.82, 2.24) is 10.4 Å². The first-order chi connectivity index (χ1) is 8.61. The summed E-state index contributed by atoms with van der Waals surface area (Å²) in [6.07, 6.45) is 0. The average molecular weight is 249 g/mol. The summed E-state index contributed by atoms with van der Waals surface area (Å²) in [5.74, 6) is -0.166. The molecule has 18 heavy (non-hydrogen) atoms. The lowest BCUT2D eigenvalue weighted by atomic mass is 10.2. The first-order valence-corrected chi connectivity index (χ1v) is 5.62. The molecule has 1 saturated heterocycles. The molecule has 1 heterocycles. The van der Waals surface area contributed by atoms with Crippen molar-refractivity contribution in [3.05, 3.63) is 29.8 Å². The van der Waals surface area contributed by atoms with E-state index in [1.54, 1.807) is 31.3 Å². The third kappa shape index (κ3) is 2.49. The van der Waals surface area contributed by atoms with Crippen LogP contribution in [-0.2, 0) is 16.1 Å². The van der Waals surface area contributed by atoms with Crippen LogP contribution in [-0.4, -0.2) is 42.1 Å². The van der Waals surface area contributed by atoms with E-state index in [2.05, 4.69) is 5.48 Å². The standard InChI is InChI=1S/C12H15N3O3/c1-14-7-12(17)15(8-11(14)16)10-4-2-9(3-5-10)6-13-18/h2-5,13,18H,6-8H2,1H3. The molecule has 2 rings (SSSR count). The number of hydrogen-bond donors (Lipinski definition) is 2. The van der Waals surface area contributed by atoms with E-state index >= 15 is 0 Å². The lowest BCUT2D eigenvalue weighted by Crippen LogP contribution is -2.52. The lowest BCUT2D eigenvalue weighted by molar-refractivity contribution is -0.136. The van der Waals surface area contributed by atoms with Crippen molar-refractivity contribution >= 4 is 17.5 Å². The van der Waals surface area contributed by atoms with Crippen LogP contribution in [0.3, 0.4) is 0 Å². The minimum atomic E-state index is -0.0925. The summed E-state index contributed by atoms with van der Waals surface area (Å²) in [5.41, 5.74) is 3.66. The first kappa shape index (κ1) is 12.5. The molecule has 0 aliphatic carbocycles. The molecular weight excluding hydrogens is 234 g/mol. The van der Waals surface area contributed by atoms with Gasteiger partial charge in [-0.2, -0.15) is 0 Å². The molecule has 0 bridgehead atoms. The molecular formula is C12H15N3O3. The van der Waals surface area contributed by atoms with Crippen LogP contribution in [0.4, 0.5) is 5.69 Å². The van der Waals surface area contributed by atoms with Crippen molar-refractivity contribution in [2.45, 2.75) is 6.54 Å². The fourth-order valence-corrected chi connectivity index (χ4v) is 1.84. The Balaban J connectivity index is 2.15. The van der Waals surface area contributed by atoms with E-state index in [1.807, 2.05) is 0 Å². The number of carbonyl (C=O) groups is 2. The lowest BCUT2D eigenvalue weighted by Gasteiger charge is -2.31. The molecule has 1 fully saturated rings. The zero-order valence-electron chi connectivity index (χ0n) is 10.1. The zero-order chi connectivity index (χ0) is 13.1. The number of rotatable bonds is 3. The van der Waals surface area contributed by atoms with Crippen LogP contribution in [0.5, 0.6) is 0 Å². The second-order valence-corrected chi connectivity index (χ2v) is 4.23. The Kier molecular flexibility index (Phi) is 3.59. The van der Waals surface area contributed by atoms with Gasteiger partial charge in [0.05, 0.1) is 6.54 Å². The van der Waals surface area contributed by atoms with Crippen LogP contribution < -0.4 is 10.4 Å². The van der Waals surface area contributed by atoms with Gasteiger partial charge in [0.15, 0.2) is 0 Å². The highest BCUT2D eigenvalue weighted by molar-refractivity contribution is 6.04. The van der Waals surface area contributed by atoms with Crippen LogP contribution in [0.15, 0.2) is 24.3 Å². The van der Waals surface area contributed by atoms with Crippen molar-refractivity contribution in [1.29, 1.82) is 0 Å². The van der Waals surface area contributed by atoms with Gasteiger partial charge in [0.1, 0.15) is 6.54 Å². The zero-order valence-corrected chi connectivity index (χ0v) is 10.1. The molecule has 1 aliphatic rings. The number of nitrogens with one attached hydrogen (secondary N) is 1. The van der Waals surface area contributed by atoms with Gasteiger partial charge in [-0.1, -0.05) is 12.1 Å². The minimum absolute atomic E-state index is 0.0734. The summed E-state index contributed by atoms with van der Waals surface area (Å²) in [4.78, 5) is 26.3. The highest BCUT2D eigenvalue weighted by atomic mass is 16.5. The Bertz CT molecular complexity index is 458. The Hall–Kier alpha value is -1.92. The first-order valence-electron chi connectivity index (χ1n) is 5.62. The molecule has 2 N–H and O–H groups in total. The van der Waals surface area contributed by atoms with E-state index in [-0.39, 0.29) is 24.9 Å². The Labute approximate surface area is 105 Å². The smallest absolute Gasteiger partial charge is 0.247 e. The number of hydroxylamine groups is 1. The maximum absolute atomic E-state index is 11.8. The number of nitrogens with zero attached hydrogens (tertiary/aromatic N) is 2. The highest BCUT2D eigenvalue weighted by Crippen LogP contribution is 2.18. The topological polar surface area (TPSA) is 72.9 Å². The summed E-state index contributed by atoms with van der Waals surface area (Å²) in [6, 6.07) is 7.13. The second kappa shape index (κ2) is 5.16. The number of benzene rings is 1. The Morgan fingerprint density at radius 2 is 1.83 bits per heavy atom. The van der Waals surface area contributed by atoms with Crippen LogP contribution in [0.25, 0.3) is 0 Å². The van der Waals surface area contributed by atoms with Gasteiger partial charge in [0.25, 0.3) is 0 Å². The van der Waals surface area contributed by atoms with Gasteiger partial charge in [-0.05, 0) is 17.7 Å². The number of likely N-dealkylation sites (N-methyl/N-ethyl adjacent to an activating group) is 1. The molecule has 0 spiro atoms. The molecule has 0 unspecified atom stereocenters. The average Bonchev–Trinajstić information content (AvgIpc) is 2.35. The quantitative estimate of drug-likeness (QED) is 0.738. The van der Waals surface area contributed by atoms with E-state index in [0.29, 0.717) is 12.2 Å². The normalized spacial score (nSPS) is 16.3. The molecule has 96 valence electrons.